The molecule has 21 heavy (non-hydrogen) atoms. The van der Waals surface area contributed by atoms with Gasteiger partial charge in [-0.25, -0.2) is 10.9 Å². The smallest absolute Gasteiger partial charge is 0.238 e. The zero-order valence-electron chi connectivity index (χ0n) is 11.8. The number of ether oxygens (including phenoxy) is 1. The van der Waals surface area contributed by atoms with Crippen molar-refractivity contribution in [2.75, 3.05) is 19.8 Å². The van der Waals surface area contributed by atoms with E-state index >= 15 is 0 Å². The number of amides is 1. The van der Waals surface area contributed by atoms with Crippen LogP contribution in [0.2, 0.25) is 5.02 Å². The minimum absolute atomic E-state index is 0.0314. The molecule has 0 aliphatic carbocycles. The molecular weight excluding hydrogens is 290 g/mol. The molecule has 2 heterocycles. The van der Waals surface area contributed by atoms with Gasteiger partial charge in [-0.3, -0.25) is 4.79 Å². The van der Waals surface area contributed by atoms with Crippen LogP contribution in [0.25, 0.3) is 0 Å². The van der Waals surface area contributed by atoms with E-state index in [0.29, 0.717) is 18.9 Å². The van der Waals surface area contributed by atoms with E-state index in [1.807, 2.05) is 24.3 Å². The van der Waals surface area contributed by atoms with Crippen molar-refractivity contribution in [3.63, 3.8) is 0 Å². The first-order valence-electron chi connectivity index (χ1n) is 7.35. The molecular formula is C15H20ClN3O2. The molecule has 3 N–H and O–H groups in total. The van der Waals surface area contributed by atoms with Crippen LogP contribution < -0.4 is 16.2 Å². The second-order valence-electron chi connectivity index (χ2n) is 5.63. The van der Waals surface area contributed by atoms with Gasteiger partial charge in [0.25, 0.3) is 0 Å². The van der Waals surface area contributed by atoms with Gasteiger partial charge in [0.15, 0.2) is 0 Å². The van der Waals surface area contributed by atoms with Crippen LogP contribution in [-0.4, -0.2) is 31.7 Å². The molecule has 2 aliphatic rings. The van der Waals surface area contributed by atoms with Crippen molar-refractivity contribution >= 4 is 17.5 Å². The number of benzene rings is 1. The maximum atomic E-state index is 12.2. The highest BCUT2D eigenvalue weighted by atomic mass is 35.5. The van der Waals surface area contributed by atoms with Crippen LogP contribution in [0.5, 0.6) is 0 Å². The molecule has 114 valence electrons. The third-order valence-corrected chi connectivity index (χ3v) is 4.43. The SMILES string of the molecule is O=C(NCC1CCOC1)C1CC(c2ccccc2Cl)NN1. The van der Waals surface area contributed by atoms with Gasteiger partial charge < -0.3 is 10.1 Å². The van der Waals surface area contributed by atoms with E-state index in [1.54, 1.807) is 0 Å². The second-order valence-corrected chi connectivity index (χ2v) is 6.03. The lowest BCUT2D eigenvalue weighted by Crippen LogP contribution is -2.44. The van der Waals surface area contributed by atoms with Crippen molar-refractivity contribution in [1.29, 1.82) is 0 Å². The Hall–Kier alpha value is -1.14. The summed E-state index contributed by atoms with van der Waals surface area (Å²) in [6, 6.07) is 7.54. The quantitative estimate of drug-likeness (QED) is 0.787. The summed E-state index contributed by atoms with van der Waals surface area (Å²) in [6.07, 6.45) is 1.72. The Morgan fingerprint density at radius 1 is 1.38 bits per heavy atom. The van der Waals surface area contributed by atoms with Gasteiger partial charge in [0.1, 0.15) is 6.04 Å². The van der Waals surface area contributed by atoms with Crippen LogP contribution in [0.3, 0.4) is 0 Å². The summed E-state index contributed by atoms with van der Waals surface area (Å²) in [4.78, 5) is 12.2. The highest BCUT2D eigenvalue weighted by Crippen LogP contribution is 2.28. The summed E-state index contributed by atoms with van der Waals surface area (Å²) < 4.78 is 5.31. The lowest BCUT2D eigenvalue weighted by Gasteiger charge is -2.13. The van der Waals surface area contributed by atoms with Gasteiger partial charge in [-0.1, -0.05) is 29.8 Å². The average Bonchev–Trinajstić information content (AvgIpc) is 3.17. The number of hydrogen-bond acceptors (Lipinski definition) is 4. The van der Waals surface area contributed by atoms with Crippen molar-refractivity contribution < 1.29 is 9.53 Å². The molecule has 2 saturated heterocycles. The van der Waals surface area contributed by atoms with E-state index in [-0.39, 0.29) is 18.0 Å². The van der Waals surface area contributed by atoms with Crippen molar-refractivity contribution in [2.45, 2.75) is 24.9 Å². The Morgan fingerprint density at radius 2 is 2.24 bits per heavy atom. The van der Waals surface area contributed by atoms with E-state index in [0.717, 1.165) is 30.2 Å². The molecule has 0 radical (unpaired) electrons. The van der Waals surface area contributed by atoms with E-state index in [4.69, 9.17) is 16.3 Å². The van der Waals surface area contributed by atoms with Crippen LogP contribution in [0.4, 0.5) is 0 Å². The van der Waals surface area contributed by atoms with E-state index in [9.17, 15) is 4.79 Å². The minimum atomic E-state index is -0.228. The highest BCUT2D eigenvalue weighted by molar-refractivity contribution is 6.31. The van der Waals surface area contributed by atoms with Crippen molar-refractivity contribution in [1.82, 2.24) is 16.2 Å². The minimum Gasteiger partial charge on any atom is -0.381 e. The molecule has 1 aromatic rings. The molecule has 0 spiro atoms. The highest BCUT2D eigenvalue weighted by Gasteiger charge is 2.31. The molecule has 1 aromatic carbocycles. The summed E-state index contributed by atoms with van der Waals surface area (Å²) >= 11 is 6.20. The van der Waals surface area contributed by atoms with Crippen LogP contribution in [0.1, 0.15) is 24.4 Å². The predicted octanol–water partition coefficient (Wildman–Crippen LogP) is 1.40. The summed E-state index contributed by atoms with van der Waals surface area (Å²) in [6.45, 7) is 2.24. The van der Waals surface area contributed by atoms with Crippen molar-refractivity contribution in [3.8, 4) is 0 Å². The van der Waals surface area contributed by atoms with Gasteiger partial charge in [-0.15, -0.1) is 0 Å². The van der Waals surface area contributed by atoms with E-state index < -0.39 is 0 Å². The van der Waals surface area contributed by atoms with Gasteiger partial charge in [0, 0.05) is 30.1 Å². The van der Waals surface area contributed by atoms with Crippen LogP contribution in [0.15, 0.2) is 24.3 Å². The Labute approximate surface area is 129 Å². The fourth-order valence-corrected chi connectivity index (χ4v) is 3.07. The van der Waals surface area contributed by atoms with Crippen molar-refractivity contribution in [3.05, 3.63) is 34.9 Å². The lowest BCUT2D eigenvalue weighted by atomic mass is 10.0. The average molecular weight is 310 g/mol. The third kappa shape index (κ3) is 3.55. The largest absolute Gasteiger partial charge is 0.381 e. The first-order chi connectivity index (χ1) is 10.2. The predicted molar refractivity (Wildman–Crippen MR) is 80.8 cm³/mol. The Balaban J connectivity index is 1.51. The number of carbonyl (C=O) groups is 1. The molecule has 3 unspecified atom stereocenters. The van der Waals surface area contributed by atoms with Gasteiger partial charge in [-0.2, -0.15) is 0 Å². The molecule has 2 aliphatic heterocycles. The molecule has 2 fully saturated rings. The summed E-state index contributed by atoms with van der Waals surface area (Å²) in [5, 5.41) is 3.72. The molecule has 3 atom stereocenters. The van der Waals surface area contributed by atoms with Crippen LogP contribution in [-0.2, 0) is 9.53 Å². The van der Waals surface area contributed by atoms with E-state index in [1.165, 1.54) is 0 Å². The topological polar surface area (TPSA) is 62.4 Å². The van der Waals surface area contributed by atoms with Crippen LogP contribution >= 0.6 is 11.6 Å². The van der Waals surface area contributed by atoms with Gasteiger partial charge >= 0.3 is 0 Å². The fourth-order valence-electron chi connectivity index (χ4n) is 2.80. The zero-order chi connectivity index (χ0) is 14.7. The number of hydrogen-bond donors (Lipinski definition) is 3. The third-order valence-electron chi connectivity index (χ3n) is 4.09. The molecule has 0 bridgehead atoms. The number of halogens is 1. The summed E-state index contributed by atoms with van der Waals surface area (Å²) in [5.74, 6) is 0.478. The molecule has 3 rings (SSSR count). The van der Waals surface area contributed by atoms with Crippen molar-refractivity contribution in [2.24, 2.45) is 5.92 Å². The maximum absolute atomic E-state index is 12.2. The molecule has 1 amide bonds. The maximum Gasteiger partial charge on any atom is 0.238 e. The molecule has 0 saturated carbocycles. The molecule has 0 aromatic heterocycles. The first kappa shape index (κ1) is 14.8. The second kappa shape index (κ2) is 6.75. The first-order valence-corrected chi connectivity index (χ1v) is 7.73. The summed E-state index contributed by atoms with van der Waals surface area (Å²) in [7, 11) is 0. The standard InChI is InChI=1S/C15H20ClN3O2/c16-12-4-2-1-3-11(12)13-7-14(19-18-13)15(20)17-8-10-5-6-21-9-10/h1-4,10,13-14,18-19H,5-9H2,(H,17,20). The fraction of sp³-hybridized carbons (Fsp3) is 0.533. The number of rotatable bonds is 4. The normalized spacial score (nSPS) is 28.7. The zero-order valence-corrected chi connectivity index (χ0v) is 12.5. The molecule has 6 heteroatoms. The van der Waals surface area contributed by atoms with Crippen LogP contribution in [0, 0.1) is 5.92 Å². The lowest BCUT2D eigenvalue weighted by molar-refractivity contribution is -0.123. The summed E-state index contributed by atoms with van der Waals surface area (Å²) in [5.41, 5.74) is 7.23. The van der Waals surface area contributed by atoms with Gasteiger partial charge in [0.05, 0.1) is 6.61 Å². The number of hydrazine groups is 1. The molecule has 5 nitrogen and oxygen atoms in total. The Bertz CT molecular complexity index is 505. The van der Waals surface area contributed by atoms with E-state index in [2.05, 4.69) is 16.2 Å². The Morgan fingerprint density at radius 3 is 3.00 bits per heavy atom. The number of carbonyl (C=O) groups excluding carboxylic acids is 1. The number of nitrogens with one attached hydrogen (secondary N) is 3. The van der Waals surface area contributed by atoms with Gasteiger partial charge in [-0.05, 0) is 24.5 Å². The monoisotopic (exact) mass is 309 g/mol. The Kier molecular flexibility index (Phi) is 4.75. The van der Waals surface area contributed by atoms with Gasteiger partial charge in [0.2, 0.25) is 5.91 Å².